The fraction of sp³-hybridized carbons (Fsp3) is 0.682. The summed E-state index contributed by atoms with van der Waals surface area (Å²) in [6.45, 7) is 7.29. The Labute approximate surface area is 171 Å². The second-order valence-electron chi connectivity index (χ2n) is 9.04. The zero-order chi connectivity index (χ0) is 21.1. The summed E-state index contributed by atoms with van der Waals surface area (Å²) >= 11 is 0. The summed E-state index contributed by atoms with van der Waals surface area (Å²) in [7, 11) is 0. The van der Waals surface area contributed by atoms with Crippen LogP contribution in [-0.2, 0) is 16.0 Å². The van der Waals surface area contributed by atoms with Gasteiger partial charge in [0.2, 0.25) is 0 Å². The van der Waals surface area contributed by atoms with E-state index in [1.54, 1.807) is 20.8 Å². The quantitative estimate of drug-likeness (QED) is 0.742. The van der Waals surface area contributed by atoms with E-state index in [9.17, 15) is 13.6 Å². The molecule has 1 atom stereocenters. The molecule has 0 radical (unpaired) electrons. The van der Waals surface area contributed by atoms with Crippen molar-refractivity contribution in [3.8, 4) is 0 Å². The van der Waals surface area contributed by atoms with Crippen LogP contribution in [0.1, 0.15) is 45.6 Å². The number of halogens is 2. The van der Waals surface area contributed by atoms with Crippen molar-refractivity contribution in [2.24, 2.45) is 0 Å². The molecule has 1 unspecified atom stereocenters. The van der Waals surface area contributed by atoms with Crippen molar-refractivity contribution in [1.29, 1.82) is 0 Å². The van der Waals surface area contributed by atoms with Gasteiger partial charge in [-0.15, -0.1) is 0 Å². The molecule has 2 aliphatic heterocycles. The van der Waals surface area contributed by atoms with Crippen molar-refractivity contribution in [2.45, 2.75) is 70.3 Å². The molecule has 0 aliphatic carbocycles. The standard InChI is InChI=1S/C22H32F2N2O3/c1-21(2,3)29-20(27)26-14-11-19(22(23,24)16-26)28-18-9-12-25(13-10-18)15-17-7-5-4-6-8-17/h4-8,18-19H,9-16H2,1-3H3. The first kappa shape index (κ1) is 22.0. The Kier molecular flexibility index (Phi) is 6.79. The molecule has 2 aliphatic rings. The summed E-state index contributed by atoms with van der Waals surface area (Å²) in [4.78, 5) is 15.5. The number of carbonyl (C=O) groups is 1. The SMILES string of the molecule is CC(C)(C)OC(=O)N1CCC(OC2CCN(Cc3ccccc3)CC2)C(F)(F)C1. The van der Waals surface area contributed by atoms with Gasteiger partial charge in [0.1, 0.15) is 11.7 Å². The Morgan fingerprint density at radius 2 is 1.76 bits per heavy atom. The van der Waals surface area contributed by atoms with E-state index in [0.717, 1.165) is 37.4 Å². The average molecular weight is 411 g/mol. The largest absolute Gasteiger partial charge is 0.444 e. The van der Waals surface area contributed by atoms with Gasteiger partial charge in [0, 0.05) is 26.2 Å². The van der Waals surface area contributed by atoms with Crippen LogP contribution in [0, 0.1) is 0 Å². The number of ether oxygens (including phenoxy) is 2. The summed E-state index contributed by atoms with van der Waals surface area (Å²) < 4.78 is 40.3. The van der Waals surface area contributed by atoms with Crippen molar-refractivity contribution in [2.75, 3.05) is 26.2 Å². The van der Waals surface area contributed by atoms with Crippen LogP contribution in [0.5, 0.6) is 0 Å². The van der Waals surface area contributed by atoms with E-state index in [-0.39, 0.29) is 19.1 Å². The van der Waals surface area contributed by atoms with E-state index in [4.69, 9.17) is 9.47 Å². The van der Waals surface area contributed by atoms with Gasteiger partial charge in [-0.3, -0.25) is 4.90 Å². The van der Waals surface area contributed by atoms with E-state index in [2.05, 4.69) is 17.0 Å². The van der Waals surface area contributed by atoms with Crippen molar-refractivity contribution < 1.29 is 23.0 Å². The van der Waals surface area contributed by atoms with Crippen LogP contribution in [0.4, 0.5) is 13.6 Å². The maximum Gasteiger partial charge on any atom is 0.410 e. The molecule has 1 aromatic rings. The Morgan fingerprint density at radius 3 is 2.34 bits per heavy atom. The fourth-order valence-electron chi connectivity index (χ4n) is 3.85. The van der Waals surface area contributed by atoms with E-state index in [1.165, 1.54) is 5.56 Å². The third-order valence-electron chi connectivity index (χ3n) is 5.33. The van der Waals surface area contributed by atoms with Crippen LogP contribution in [0.2, 0.25) is 0 Å². The van der Waals surface area contributed by atoms with Gasteiger partial charge in [-0.1, -0.05) is 30.3 Å². The van der Waals surface area contributed by atoms with Gasteiger partial charge < -0.3 is 14.4 Å². The number of likely N-dealkylation sites (tertiary alicyclic amines) is 2. The van der Waals surface area contributed by atoms with Crippen molar-refractivity contribution >= 4 is 6.09 Å². The van der Waals surface area contributed by atoms with Gasteiger partial charge in [0.15, 0.2) is 0 Å². The summed E-state index contributed by atoms with van der Waals surface area (Å²) in [5.74, 6) is -3.07. The number of nitrogens with zero attached hydrogens (tertiary/aromatic N) is 2. The van der Waals surface area contributed by atoms with Crippen LogP contribution in [0.15, 0.2) is 30.3 Å². The molecule has 3 rings (SSSR count). The molecule has 7 heteroatoms. The zero-order valence-electron chi connectivity index (χ0n) is 17.6. The Morgan fingerprint density at radius 1 is 1.10 bits per heavy atom. The van der Waals surface area contributed by atoms with Gasteiger partial charge in [-0.2, -0.15) is 0 Å². The van der Waals surface area contributed by atoms with E-state index in [1.807, 2.05) is 18.2 Å². The molecule has 2 heterocycles. The molecule has 0 aromatic heterocycles. The summed E-state index contributed by atoms with van der Waals surface area (Å²) in [6.07, 6.45) is -0.386. The van der Waals surface area contributed by atoms with Crippen LogP contribution >= 0.6 is 0 Å². The third-order valence-corrected chi connectivity index (χ3v) is 5.33. The van der Waals surface area contributed by atoms with Gasteiger partial charge in [0.25, 0.3) is 5.92 Å². The minimum atomic E-state index is -3.07. The summed E-state index contributed by atoms with van der Waals surface area (Å²) in [5, 5.41) is 0. The van der Waals surface area contributed by atoms with E-state index < -0.39 is 30.3 Å². The lowest BCUT2D eigenvalue weighted by atomic mass is 10.0. The zero-order valence-corrected chi connectivity index (χ0v) is 17.6. The van der Waals surface area contributed by atoms with Gasteiger partial charge >= 0.3 is 6.09 Å². The minimum absolute atomic E-state index is 0.122. The predicted octanol–water partition coefficient (Wildman–Crippen LogP) is 4.31. The highest BCUT2D eigenvalue weighted by Gasteiger charge is 2.48. The van der Waals surface area contributed by atoms with Crippen LogP contribution in [0.3, 0.4) is 0 Å². The van der Waals surface area contributed by atoms with Crippen molar-refractivity contribution in [3.63, 3.8) is 0 Å². The number of amides is 1. The van der Waals surface area contributed by atoms with Crippen molar-refractivity contribution in [1.82, 2.24) is 9.80 Å². The molecule has 2 fully saturated rings. The number of hydrogen-bond acceptors (Lipinski definition) is 4. The first-order chi connectivity index (χ1) is 13.6. The molecule has 1 aromatic carbocycles. The topological polar surface area (TPSA) is 42.0 Å². The Hall–Kier alpha value is -1.73. The average Bonchev–Trinajstić information content (AvgIpc) is 2.64. The highest BCUT2D eigenvalue weighted by molar-refractivity contribution is 5.68. The molecule has 162 valence electrons. The minimum Gasteiger partial charge on any atom is -0.444 e. The number of alkyl halides is 2. The molecule has 5 nitrogen and oxygen atoms in total. The van der Waals surface area contributed by atoms with Gasteiger partial charge in [0.05, 0.1) is 12.6 Å². The smallest absolute Gasteiger partial charge is 0.410 e. The molecule has 0 N–H and O–H groups in total. The molecule has 0 saturated carbocycles. The maximum atomic E-state index is 14.6. The number of carbonyl (C=O) groups excluding carboxylic acids is 1. The highest BCUT2D eigenvalue weighted by Crippen LogP contribution is 2.33. The number of hydrogen-bond donors (Lipinski definition) is 0. The van der Waals surface area contributed by atoms with Crippen LogP contribution < -0.4 is 0 Å². The third kappa shape index (κ3) is 6.37. The molecule has 2 saturated heterocycles. The van der Waals surface area contributed by atoms with Crippen LogP contribution in [-0.4, -0.2) is 65.8 Å². The lowest BCUT2D eigenvalue weighted by Crippen LogP contribution is -2.56. The Balaban J connectivity index is 1.46. The van der Waals surface area contributed by atoms with Gasteiger partial charge in [-0.05, 0) is 45.6 Å². The maximum absolute atomic E-state index is 14.6. The molecule has 1 amide bonds. The first-order valence-corrected chi connectivity index (χ1v) is 10.4. The van der Waals surface area contributed by atoms with Gasteiger partial charge in [-0.25, -0.2) is 13.6 Å². The highest BCUT2D eigenvalue weighted by atomic mass is 19.3. The number of rotatable bonds is 4. The monoisotopic (exact) mass is 410 g/mol. The number of piperidine rings is 2. The second kappa shape index (κ2) is 8.96. The Bertz CT molecular complexity index is 670. The predicted molar refractivity (Wildman–Crippen MR) is 107 cm³/mol. The second-order valence-corrected chi connectivity index (χ2v) is 9.04. The first-order valence-electron chi connectivity index (χ1n) is 10.4. The van der Waals surface area contributed by atoms with Crippen molar-refractivity contribution in [3.05, 3.63) is 35.9 Å². The lowest BCUT2D eigenvalue weighted by molar-refractivity contribution is -0.193. The molecule has 0 spiro atoms. The fourth-order valence-corrected chi connectivity index (χ4v) is 3.85. The summed E-state index contributed by atoms with van der Waals surface area (Å²) in [6, 6.07) is 10.2. The molecule has 29 heavy (non-hydrogen) atoms. The molecular weight excluding hydrogens is 378 g/mol. The lowest BCUT2D eigenvalue weighted by Gasteiger charge is -2.41. The summed E-state index contributed by atoms with van der Waals surface area (Å²) in [5.41, 5.74) is 0.556. The number of benzene rings is 1. The molecular formula is C22H32F2N2O3. The van der Waals surface area contributed by atoms with Crippen LogP contribution in [0.25, 0.3) is 0 Å². The normalized spacial score (nSPS) is 23.8. The van der Waals surface area contributed by atoms with E-state index >= 15 is 0 Å². The molecule has 0 bridgehead atoms. The van der Waals surface area contributed by atoms with E-state index in [0.29, 0.717) is 0 Å².